The van der Waals surface area contributed by atoms with Crippen molar-refractivity contribution in [1.29, 1.82) is 0 Å². The van der Waals surface area contributed by atoms with Crippen molar-refractivity contribution in [3.63, 3.8) is 0 Å². The molecule has 2 aromatic carbocycles. The first-order valence-corrected chi connectivity index (χ1v) is 7.76. The molecule has 0 aliphatic carbocycles. The van der Waals surface area contributed by atoms with Crippen molar-refractivity contribution in [2.24, 2.45) is 10.2 Å². The molecule has 0 amide bonds. The van der Waals surface area contributed by atoms with Gasteiger partial charge < -0.3 is 5.11 Å². The average molecular weight is 350 g/mol. The van der Waals surface area contributed by atoms with Crippen molar-refractivity contribution in [3.8, 4) is 17.0 Å². The number of aromatic hydroxyl groups is 1. The van der Waals surface area contributed by atoms with Crippen molar-refractivity contribution in [2.75, 3.05) is 0 Å². The molecule has 0 fully saturated rings. The van der Waals surface area contributed by atoms with Gasteiger partial charge in [0.25, 0.3) is 0 Å². The van der Waals surface area contributed by atoms with Crippen LogP contribution in [0, 0.1) is 11.6 Å². The molecule has 0 spiro atoms. The quantitative estimate of drug-likeness (QED) is 0.503. The second-order valence-electron chi connectivity index (χ2n) is 5.53. The van der Waals surface area contributed by atoms with Gasteiger partial charge in [-0.15, -0.1) is 10.2 Å². The summed E-state index contributed by atoms with van der Waals surface area (Å²) in [4.78, 5) is 4.36. The molecule has 0 aliphatic heterocycles. The first-order valence-electron chi connectivity index (χ1n) is 7.76. The zero-order valence-electron chi connectivity index (χ0n) is 13.3. The molecule has 0 atom stereocenters. The first-order chi connectivity index (χ1) is 12.6. The van der Waals surface area contributed by atoms with Crippen LogP contribution < -0.4 is 0 Å². The second-order valence-corrected chi connectivity index (χ2v) is 5.53. The maximum Gasteiger partial charge on any atom is 0.187 e. The number of phenols is 1. The van der Waals surface area contributed by atoms with Crippen LogP contribution in [0.4, 0.5) is 20.3 Å². The monoisotopic (exact) mass is 350 g/mol. The molecule has 0 radical (unpaired) electrons. The Kier molecular flexibility index (Phi) is 3.89. The number of para-hydroxylation sites is 1. The predicted molar refractivity (Wildman–Crippen MR) is 92.8 cm³/mol. The molecule has 26 heavy (non-hydrogen) atoms. The van der Waals surface area contributed by atoms with E-state index in [9.17, 15) is 13.9 Å². The largest absolute Gasteiger partial charge is 0.506 e. The van der Waals surface area contributed by atoms with Crippen LogP contribution in [-0.4, -0.2) is 14.5 Å². The van der Waals surface area contributed by atoms with E-state index in [0.29, 0.717) is 5.65 Å². The summed E-state index contributed by atoms with van der Waals surface area (Å²) in [6, 6.07) is 14.8. The Labute approximate surface area is 146 Å². The molecule has 0 unspecified atom stereocenters. The lowest BCUT2D eigenvalue weighted by Crippen LogP contribution is -1.87. The van der Waals surface area contributed by atoms with E-state index >= 15 is 0 Å². The van der Waals surface area contributed by atoms with Crippen LogP contribution in [0.25, 0.3) is 16.9 Å². The van der Waals surface area contributed by atoms with Crippen LogP contribution in [-0.2, 0) is 0 Å². The van der Waals surface area contributed by atoms with E-state index < -0.39 is 11.6 Å². The molecule has 7 heteroatoms. The van der Waals surface area contributed by atoms with E-state index in [2.05, 4.69) is 15.2 Å². The molecule has 5 nitrogen and oxygen atoms in total. The van der Waals surface area contributed by atoms with Crippen LogP contribution in [0.2, 0.25) is 0 Å². The number of rotatable bonds is 3. The lowest BCUT2D eigenvalue weighted by molar-refractivity contribution is 0.476. The molecule has 0 aliphatic rings. The Hall–Kier alpha value is -3.61. The SMILES string of the molecule is Oc1ccccc1N=Nc1c(-c2cc(F)ccc2F)nc2ccccn12. The van der Waals surface area contributed by atoms with Crippen molar-refractivity contribution >= 4 is 17.2 Å². The molecule has 0 saturated heterocycles. The summed E-state index contributed by atoms with van der Waals surface area (Å²) < 4.78 is 29.5. The number of hydrogen-bond donors (Lipinski definition) is 1. The smallest absolute Gasteiger partial charge is 0.187 e. The molecular weight excluding hydrogens is 338 g/mol. The fraction of sp³-hybridized carbons (Fsp3) is 0. The number of nitrogens with zero attached hydrogens (tertiary/aromatic N) is 4. The highest BCUT2D eigenvalue weighted by atomic mass is 19.1. The third-order valence-corrected chi connectivity index (χ3v) is 3.82. The Balaban J connectivity index is 1.93. The molecule has 2 heterocycles. The van der Waals surface area contributed by atoms with Gasteiger partial charge in [-0.2, -0.15) is 0 Å². The van der Waals surface area contributed by atoms with Crippen LogP contribution >= 0.6 is 0 Å². The molecule has 128 valence electrons. The van der Waals surface area contributed by atoms with Crippen molar-refractivity contribution in [3.05, 3.63) is 78.5 Å². The Morgan fingerprint density at radius 1 is 0.923 bits per heavy atom. The Bertz CT molecular complexity index is 1140. The minimum atomic E-state index is -0.617. The van der Waals surface area contributed by atoms with Gasteiger partial charge in [-0.25, -0.2) is 13.8 Å². The van der Waals surface area contributed by atoms with Gasteiger partial charge in [-0.05, 0) is 42.5 Å². The second kappa shape index (κ2) is 6.36. The van der Waals surface area contributed by atoms with Gasteiger partial charge in [-0.3, -0.25) is 4.40 Å². The lowest BCUT2D eigenvalue weighted by atomic mass is 10.1. The zero-order valence-corrected chi connectivity index (χ0v) is 13.3. The van der Waals surface area contributed by atoms with Gasteiger partial charge in [0.2, 0.25) is 0 Å². The third kappa shape index (κ3) is 2.79. The van der Waals surface area contributed by atoms with Crippen LogP contribution in [0.5, 0.6) is 5.75 Å². The number of azo groups is 1. The van der Waals surface area contributed by atoms with Crippen molar-refractivity contribution in [1.82, 2.24) is 9.38 Å². The van der Waals surface area contributed by atoms with Crippen molar-refractivity contribution in [2.45, 2.75) is 0 Å². The van der Waals surface area contributed by atoms with E-state index in [-0.39, 0.29) is 28.5 Å². The number of benzene rings is 2. The standard InChI is InChI=1S/C19H12F2N4O/c20-12-8-9-14(21)13(11-12)18-19(25-10-4-3-7-17(25)22-18)24-23-15-5-1-2-6-16(15)26/h1-11,26H. The summed E-state index contributed by atoms with van der Waals surface area (Å²) >= 11 is 0. The fourth-order valence-electron chi connectivity index (χ4n) is 2.59. The summed E-state index contributed by atoms with van der Waals surface area (Å²) in [6.07, 6.45) is 1.70. The van der Waals surface area contributed by atoms with E-state index in [0.717, 1.165) is 18.2 Å². The number of fused-ring (bicyclic) bond motifs is 1. The van der Waals surface area contributed by atoms with Gasteiger partial charge in [0.05, 0.1) is 0 Å². The fourth-order valence-corrected chi connectivity index (χ4v) is 2.59. The highest BCUT2D eigenvalue weighted by molar-refractivity contribution is 5.75. The Morgan fingerprint density at radius 2 is 1.73 bits per heavy atom. The average Bonchev–Trinajstić information content (AvgIpc) is 3.01. The van der Waals surface area contributed by atoms with E-state index in [1.807, 2.05) is 0 Å². The maximum absolute atomic E-state index is 14.3. The maximum atomic E-state index is 14.3. The highest BCUT2D eigenvalue weighted by Gasteiger charge is 2.18. The number of halogens is 2. The van der Waals surface area contributed by atoms with Gasteiger partial charge in [0.1, 0.15) is 34.4 Å². The third-order valence-electron chi connectivity index (χ3n) is 3.82. The van der Waals surface area contributed by atoms with Gasteiger partial charge >= 0.3 is 0 Å². The van der Waals surface area contributed by atoms with E-state index in [1.54, 1.807) is 47.0 Å². The topological polar surface area (TPSA) is 62.2 Å². The zero-order chi connectivity index (χ0) is 18.1. The molecule has 2 aromatic heterocycles. The Morgan fingerprint density at radius 3 is 2.58 bits per heavy atom. The van der Waals surface area contributed by atoms with Gasteiger partial charge in [-0.1, -0.05) is 18.2 Å². The molecule has 0 bridgehead atoms. The number of pyridine rings is 1. The minimum absolute atomic E-state index is 0.0140. The number of imidazole rings is 1. The molecule has 4 rings (SSSR count). The first kappa shape index (κ1) is 15.9. The minimum Gasteiger partial charge on any atom is -0.506 e. The molecule has 1 N–H and O–H groups in total. The van der Waals surface area contributed by atoms with Crippen molar-refractivity contribution < 1.29 is 13.9 Å². The number of phenolic OH excluding ortho intramolecular Hbond substituents is 1. The highest BCUT2D eigenvalue weighted by Crippen LogP contribution is 2.35. The molecule has 0 saturated carbocycles. The molecule has 4 aromatic rings. The van der Waals surface area contributed by atoms with Gasteiger partial charge in [0.15, 0.2) is 5.82 Å². The van der Waals surface area contributed by atoms with Crippen LogP contribution in [0.1, 0.15) is 0 Å². The summed E-state index contributed by atoms with van der Waals surface area (Å²) in [5.74, 6) is -1.01. The predicted octanol–water partition coefficient (Wildman–Crippen LogP) is 5.40. The van der Waals surface area contributed by atoms with Crippen LogP contribution in [0.15, 0.2) is 77.1 Å². The van der Waals surface area contributed by atoms with E-state index in [4.69, 9.17) is 0 Å². The summed E-state index contributed by atoms with van der Waals surface area (Å²) in [7, 11) is 0. The number of aromatic nitrogens is 2. The summed E-state index contributed by atoms with van der Waals surface area (Å²) in [5, 5.41) is 18.0. The molecular formula is C19H12F2N4O. The normalized spacial score (nSPS) is 11.5. The summed E-state index contributed by atoms with van der Waals surface area (Å²) in [5.41, 5.74) is 0.911. The summed E-state index contributed by atoms with van der Waals surface area (Å²) in [6.45, 7) is 0. The van der Waals surface area contributed by atoms with Gasteiger partial charge in [0, 0.05) is 11.8 Å². The van der Waals surface area contributed by atoms with Crippen LogP contribution in [0.3, 0.4) is 0 Å². The van der Waals surface area contributed by atoms with E-state index in [1.165, 1.54) is 6.07 Å². The number of hydrogen-bond acceptors (Lipinski definition) is 4. The lowest BCUT2D eigenvalue weighted by Gasteiger charge is -2.02.